The first-order valence-electron chi connectivity index (χ1n) is 2.86. The van der Waals surface area contributed by atoms with Gasteiger partial charge in [-0.2, -0.15) is 18.3 Å². The summed E-state index contributed by atoms with van der Waals surface area (Å²) in [6.07, 6.45) is -3.66. The van der Waals surface area contributed by atoms with Crippen LogP contribution in [0, 0.1) is 0 Å². The number of nitrogens with zero attached hydrogens (tertiary/aromatic N) is 2. The maximum absolute atomic E-state index is 12.0. The summed E-state index contributed by atoms with van der Waals surface area (Å²) in [7, 11) is 0. The molecule has 12 heavy (non-hydrogen) atoms. The van der Waals surface area contributed by atoms with E-state index in [1.807, 2.05) is 0 Å². The highest BCUT2D eigenvalue weighted by Crippen LogP contribution is 2.32. The van der Waals surface area contributed by atoms with E-state index in [9.17, 15) is 13.2 Å². The van der Waals surface area contributed by atoms with Crippen molar-refractivity contribution in [2.24, 2.45) is 0 Å². The molecule has 1 rings (SSSR count). The highest BCUT2D eigenvalue weighted by atomic mass is 35.5. The molecule has 7 heteroatoms. The zero-order valence-corrected chi connectivity index (χ0v) is 6.39. The van der Waals surface area contributed by atoms with Gasteiger partial charge >= 0.3 is 6.18 Å². The molecule has 1 aromatic heterocycles. The van der Waals surface area contributed by atoms with Gasteiger partial charge in [-0.15, -0.1) is 0 Å². The Morgan fingerprint density at radius 1 is 1.58 bits per heavy atom. The number of rotatable bonds is 1. The molecule has 0 atom stereocenters. The molecule has 1 heterocycles. The molecule has 0 fully saturated rings. The van der Waals surface area contributed by atoms with Crippen LogP contribution in [0.25, 0.3) is 0 Å². The summed E-state index contributed by atoms with van der Waals surface area (Å²) >= 11 is 5.19. The largest absolute Gasteiger partial charge is 0.436 e. The van der Waals surface area contributed by atoms with E-state index < -0.39 is 23.6 Å². The van der Waals surface area contributed by atoms with Crippen molar-refractivity contribution in [3.8, 4) is 0 Å². The van der Waals surface area contributed by atoms with Crippen LogP contribution in [0.5, 0.6) is 0 Å². The predicted octanol–water partition coefficient (Wildman–Crippen LogP) is 1.51. The van der Waals surface area contributed by atoms with Gasteiger partial charge in [0.1, 0.15) is 6.73 Å². The molecule has 1 N–H and O–H groups in total. The van der Waals surface area contributed by atoms with Crippen LogP contribution >= 0.6 is 11.6 Å². The first-order valence-corrected chi connectivity index (χ1v) is 3.24. The third kappa shape index (κ3) is 1.70. The molecule has 0 bridgehead atoms. The molecule has 0 spiro atoms. The van der Waals surface area contributed by atoms with Crippen LogP contribution in [0.4, 0.5) is 13.2 Å². The highest BCUT2D eigenvalue weighted by molar-refractivity contribution is 6.31. The van der Waals surface area contributed by atoms with Gasteiger partial charge in [-0.25, -0.2) is 4.68 Å². The fourth-order valence-corrected chi connectivity index (χ4v) is 0.919. The number of aliphatic hydroxyl groups is 1. The molecular formula is C5H4ClF3N2O. The van der Waals surface area contributed by atoms with Crippen LogP contribution in [-0.4, -0.2) is 14.9 Å². The Morgan fingerprint density at radius 3 is 2.42 bits per heavy atom. The molecule has 0 saturated carbocycles. The standard InChI is InChI=1S/C5H4ClF3N2O/c6-3-1-11(2-12)10-4(3)5(7,8)9/h1,12H,2H2. The highest BCUT2D eigenvalue weighted by Gasteiger charge is 2.36. The fourth-order valence-electron chi connectivity index (χ4n) is 0.662. The Kier molecular flexibility index (Phi) is 2.29. The van der Waals surface area contributed by atoms with Crippen molar-refractivity contribution in [3.05, 3.63) is 16.9 Å². The summed E-state index contributed by atoms with van der Waals surface area (Å²) in [5.74, 6) is 0. The number of aliphatic hydroxyl groups excluding tert-OH is 1. The van der Waals surface area contributed by atoms with E-state index in [-0.39, 0.29) is 0 Å². The van der Waals surface area contributed by atoms with Gasteiger partial charge in [-0.1, -0.05) is 11.6 Å². The van der Waals surface area contributed by atoms with E-state index >= 15 is 0 Å². The summed E-state index contributed by atoms with van der Waals surface area (Å²) in [4.78, 5) is 0. The second-order valence-electron chi connectivity index (χ2n) is 2.00. The van der Waals surface area contributed by atoms with Gasteiger partial charge in [0, 0.05) is 6.20 Å². The molecule has 0 aliphatic heterocycles. The average molecular weight is 201 g/mol. The van der Waals surface area contributed by atoms with E-state index in [1.165, 1.54) is 0 Å². The topological polar surface area (TPSA) is 38.0 Å². The number of alkyl halides is 3. The van der Waals surface area contributed by atoms with Crippen LogP contribution in [0.1, 0.15) is 5.69 Å². The van der Waals surface area contributed by atoms with E-state index in [0.29, 0.717) is 4.68 Å². The zero-order chi connectivity index (χ0) is 9.35. The van der Waals surface area contributed by atoms with Gasteiger partial charge in [0.25, 0.3) is 0 Å². The number of halogens is 4. The molecule has 0 aliphatic carbocycles. The van der Waals surface area contributed by atoms with Gasteiger partial charge in [-0.3, -0.25) is 0 Å². The molecule has 3 nitrogen and oxygen atoms in total. The Balaban J connectivity index is 3.08. The third-order valence-corrected chi connectivity index (χ3v) is 1.41. The summed E-state index contributed by atoms with van der Waals surface area (Å²) in [6, 6.07) is 0. The van der Waals surface area contributed by atoms with Gasteiger partial charge in [0.05, 0.1) is 5.02 Å². The Morgan fingerprint density at radius 2 is 2.17 bits per heavy atom. The second kappa shape index (κ2) is 2.95. The minimum Gasteiger partial charge on any atom is -0.374 e. The van der Waals surface area contributed by atoms with Crippen molar-refractivity contribution < 1.29 is 18.3 Å². The monoisotopic (exact) mass is 200 g/mol. The minimum atomic E-state index is -4.57. The van der Waals surface area contributed by atoms with Crippen molar-refractivity contribution in [1.29, 1.82) is 0 Å². The molecule has 1 aromatic rings. The molecule has 0 aromatic carbocycles. The zero-order valence-electron chi connectivity index (χ0n) is 5.64. The van der Waals surface area contributed by atoms with Gasteiger partial charge in [0.15, 0.2) is 5.69 Å². The summed E-state index contributed by atoms with van der Waals surface area (Å²) in [5, 5.41) is 10.9. The number of hydrogen-bond donors (Lipinski definition) is 1. The first kappa shape index (κ1) is 9.34. The van der Waals surface area contributed by atoms with E-state index in [0.717, 1.165) is 6.20 Å². The molecule has 0 amide bonds. The molecular weight excluding hydrogens is 197 g/mol. The first-order chi connectivity index (χ1) is 5.45. The van der Waals surface area contributed by atoms with E-state index in [4.69, 9.17) is 16.7 Å². The minimum absolute atomic E-state index is 0.517. The Hall–Kier alpha value is -0.750. The fraction of sp³-hybridized carbons (Fsp3) is 0.400. The van der Waals surface area contributed by atoms with Crippen LogP contribution in [0.15, 0.2) is 6.20 Å². The van der Waals surface area contributed by atoms with Crippen molar-refractivity contribution in [1.82, 2.24) is 9.78 Å². The van der Waals surface area contributed by atoms with Crippen LogP contribution in [0.2, 0.25) is 5.02 Å². The molecule has 0 unspecified atom stereocenters. The lowest BCUT2D eigenvalue weighted by Crippen LogP contribution is -2.08. The van der Waals surface area contributed by atoms with Crippen molar-refractivity contribution in [3.63, 3.8) is 0 Å². The van der Waals surface area contributed by atoms with Crippen molar-refractivity contribution in [2.75, 3.05) is 0 Å². The van der Waals surface area contributed by atoms with Crippen molar-refractivity contribution >= 4 is 11.6 Å². The quantitative estimate of drug-likeness (QED) is 0.746. The Labute approximate surface area is 70.4 Å². The number of hydrogen-bond acceptors (Lipinski definition) is 2. The lowest BCUT2D eigenvalue weighted by atomic mass is 10.4. The molecule has 0 radical (unpaired) electrons. The van der Waals surface area contributed by atoms with Gasteiger partial charge < -0.3 is 5.11 Å². The molecule has 0 aliphatic rings. The van der Waals surface area contributed by atoms with Crippen LogP contribution in [-0.2, 0) is 12.9 Å². The SMILES string of the molecule is OCn1cc(Cl)c(C(F)(F)F)n1. The Bertz CT molecular complexity index is 283. The van der Waals surface area contributed by atoms with E-state index in [1.54, 1.807) is 0 Å². The summed E-state index contributed by atoms with van der Waals surface area (Å²) in [6.45, 7) is -0.629. The normalized spacial score (nSPS) is 12.1. The number of aromatic nitrogens is 2. The van der Waals surface area contributed by atoms with E-state index in [2.05, 4.69) is 5.10 Å². The van der Waals surface area contributed by atoms with Gasteiger partial charge in [-0.05, 0) is 0 Å². The van der Waals surface area contributed by atoms with Crippen LogP contribution in [0.3, 0.4) is 0 Å². The van der Waals surface area contributed by atoms with Crippen LogP contribution < -0.4 is 0 Å². The lowest BCUT2D eigenvalue weighted by Gasteiger charge is -2.00. The van der Waals surface area contributed by atoms with Gasteiger partial charge in [0.2, 0.25) is 0 Å². The third-order valence-electron chi connectivity index (χ3n) is 1.13. The predicted molar refractivity (Wildman–Crippen MR) is 34.5 cm³/mol. The second-order valence-corrected chi connectivity index (χ2v) is 2.41. The van der Waals surface area contributed by atoms with Crippen molar-refractivity contribution in [2.45, 2.75) is 12.9 Å². The summed E-state index contributed by atoms with van der Waals surface area (Å²) in [5.41, 5.74) is -1.18. The molecule has 0 saturated heterocycles. The summed E-state index contributed by atoms with van der Waals surface area (Å²) < 4.78 is 36.6. The maximum atomic E-state index is 12.0. The average Bonchev–Trinajstić information content (AvgIpc) is 2.29. The lowest BCUT2D eigenvalue weighted by molar-refractivity contribution is -0.141. The molecule has 68 valence electrons. The maximum Gasteiger partial charge on any atom is 0.436 e. The smallest absolute Gasteiger partial charge is 0.374 e.